The number of aliphatic hydroxyl groups excluding tert-OH is 1. The highest BCUT2D eigenvalue weighted by Gasteiger charge is 2.23. The third-order valence-electron chi connectivity index (χ3n) is 3.55. The Bertz CT molecular complexity index is 443. The Morgan fingerprint density at radius 2 is 1.70 bits per heavy atom. The van der Waals surface area contributed by atoms with Crippen molar-refractivity contribution in [1.29, 1.82) is 0 Å². The van der Waals surface area contributed by atoms with Crippen LogP contribution in [0.2, 0.25) is 0 Å². The van der Waals surface area contributed by atoms with Crippen molar-refractivity contribution >= 4 is 11.7 Å². The zero-order valence-corrected chi connectivity index (χ0v) is 13.1. The fourth-order valence-electron chi connectivity index (χ4n) is 1.73. The molecular weight excluding hydrogens is 252 g/mol. The van der Waals surface area contributed by atoms with E-state index in [-0.39, 0.29) is 18.1 Å². The van der Waals surface area contributed by atoms with Crippen LogP contribution in [0, 0.1) is 0 Å². The molecule has 112 valence electrons. The third kappa shape index (κ3) is 4.53. The molecule has 0 saturated heterocycles. The fraction of sp³-hybridized carbons (Fsp3) is 0.562. The molecule has 1 aromatic carbocycles. The normalized spacial score (nSPS) is 14.5. The van der Waals surface area contributed by atoms with Gasteiger partial charge in [0.05, 0.1) is 12.1 Å². The second kappa shape index (κ2) is 6.27. The molecule has 0 saturated carbocycles. The molecule has 4 nitrogen and oxygen atoms in total. The van der Waals surface area contributed by atoms with Crippen LogP contribution < -0.4 is 10.6 Å². The van der Waals surface area contributed by atoms with Gasteiger partial charge in [0.2, 0.25) is 0 Å². The SMILES string of the molecule is CCC(C)(CO)NC(=O)Nc1ccc(C(C)(C)C)cc1. The molecule has 20 heavy (non-hydrogen) atoms. The number of carbonyl (C=O) groups excluding carboxylic acids is 1. The summed E-state index contributed by atoms with van der Waals surface area (Å²) in [5, 5.41) is 14.9. The molecule has 1 unspecified atom stereocenters. The number of nitrogens with one attached hydrogen (secondary N) is 2. The van der Waals surface area contributed by atoms with Crippen LogP contribution in [0.25, 0.3) is 0 Å². The van der Waals surface area contributed by atoms with Gasteiger partial charge in [-0.25, -0.2) is 4.79 Å². The predicted octanol–water partition coefficient (Wildman–Crippen LogP) is 3.27. The van der Waals surface area contributed by atoms with Gasteiger partial charge in [0, 0.05) is 5.69 Å². The van der Waals surface area contributed by atoms with Crippen LogP contribution in [0.4, 0.5) is 10.5 Å². The fourth-order valence-corrected chi connectivity index (χ4v) is 1.73. The van der Waals surface area contributed by atoms with Crippen molar-refractivity contribution in [3.63, 3.8) is 0 Å². The second-order valence-electron chi connectivity index (χ2n) is 6.48. The highest BCUT2D eigenvalue weighted by atomic mass is 16.3. The molecule has 0 aliphatic rings. The number of amides is 2. The number of anilines is 1. The first-order chi connectivity index (χ1) is 9.20. The molecule has 0 fully saturated rings. The van der Waals surface area contributed by atoms with E-state index in [1.54, 1.807) is 0 Å². The maximum atomic E-state index is 11.9. The number of benzene rings is 1. The molecule has 0 aliphatic heterocycles. The van der Waals surface area contributed by atoms with Crippen LogP contribution in [0.15, 0.2) is 24.3 Å². The van der Waals surface area contributed by atoms with Crippen molar-refractivity contribution in [2.45, 2.75) is 52.0 Å². The van der Waals surface area contributed by atoms with Gasteiger partial charge >= 0.3 is 6.03 Å². The van der Waals surface area contributed by atoms with E-state index >= 15 is 0 Å². The van der Waals surface area contributed by atoms with Gasteiger partial charge < -0.3 is 15.7 Å². The molecule has 4 heteroatoms. The topological polar surface area (TPSA) is 61.4 Å². The van der Waals surface area contributed by atoms with Gasteiger partial charge in [-0.05, 0) is 36.5 Å². The van der Waals surface area contributed by atoms with Gasteiger partial charge in [-0.3, -0.25) is 0 Å². The van der Waals surface area contributed by atoms with Gasteiger partial charge in [-0.1, -0.05) is 39.8 Å². The summed E-state index contributed by atoms with van der Waals surface area (Å²) in [5.74, 6) is 0. The molecule has 2 amide bonds. The Hall–Kier alpha value is -1.55. The average Bonchev–Trinajstić information content (AvgIpc) is 2.38. The molecule has 3 N–H and O–H groups in total. The molecule has 1 aromatic rings. The van der Waals surface area contributed by atoms with Crippen LogP contribution in [0.3, 0.4) is 0 Å². The lowest BCUT2D eigenvalue weighted by Crippen LogP contribution is -2.50. The summed E-state index contributed by atoms with van der Waals surface area (Å²) in [6.07, 6.45) is 0.667. The van der Waals surface area contributed by atoms with Gasteiger partial charge in [-0.2, -0.15) is 0 Å². The van der Waals surface area contributed by atoms with E-state index in [1.165, 1.54) is 5.56 Å². The molecule has 0 aliphatic carbocycles. The van der Waals surface area contributed by atoms with Crippen molar-refractivity contribution in [3.8, 4) is 0 Å². The Balaban J connectivity index is 2.68. The Morgan fingerprint density at radius 3 is 2.10 bits per heavy atom. The number of hydrogen-bond acceptors (Lipinski definition) is 2. The smallest absolute Gasteiger partial charge is 0.319 e. The van der Waals surface area contributed by atoms with Gasteiger partial charge in [-0.15, -0.1) is 0 Å². The maximum Gasteiger partial charge on any atom is 0.319 e. The van der Waals surface area contributed by atoms with E-state index < -0.39 is 5.54 Å². The summed E-state index contributed by atoms with van der Waals surface area (Å²) in [7, 11) is 0. The number of urea groups is 1. The van der Waals surface area contributed by atoms with Crippen LogP contribution in [0.1, 0.15) is 46.6 Å². The quantitative estimate of drug-likeness (QED) is 0.791. The highest BCUT2D eigenvalue weighted by Crippen LogP contribution is 2.23. The van der Waals surface area contributed by atoms with Crippen molar-refractivity contribution < 1.29 is 9.90 Å². The summed E-state index contributed by atoms with van der Waals surface area (Å²) < 4.78 is 0. The standard InChI is InChI=1S/C16H26N2O2/c1-6-16(5,11-19)18-14(20)17-13-9-7-12(8-10-13)15(2,3)4/h7-10,19H,6,11H2,1-5H3,(H2,17,18,20). The summed E-state index contributed by atoms with van der Waals surface area (Å²) in [6, 6.07) is 7.51. The summed E-state index contributed by atoms with van der Waals surface area (Å²) >= 11 is 0. The van der Waals surface area contributed by atoms with Gasteiger partial charge in [0.1, 0.15) is 0 Å². The van der Waals surface area contributed by atoms with Crippen molar-refractivity contribution in [2.24, 2.45) is 0 Å². The van der Waals surface area contributed by atoms with Crippen LogP contribution in [0.5, 0.6) is 0 Å². The number of aliphatic hydroxyl groups is 1. The first-order valence-corrected chi connectivity index (χ1v) is 7.01. The monoisotopic (exact) mass is 278 g/mol. The molecule has 1 atom stereocenters. The van der Waals surface area contributed by atoms with E-state index in [0.29, 0.717) is 6.42 Å². The average molecular weight is 278 g/mol. The predicted molar refractivity (Wildman–Crippen MR) is 83.1 cm³/mol. The minimum absolute atomic E-state index is 0.0835. The summed E-state index contributed by atoms with van der Waals surface area (Å²) in [4.78, 5) is 11.9. The highest BCUT2D eigenvalue weighted by molar-refractivity contribution is 5.89. The first kappa shape index (κ1) is 16.5. The molecule has 0 aromatic heterocycles. The zero-order chi connectivity index (χ0) is 15.4. The van der Waals surface area contributed by atoms with E-state index in [1.807, 2.05) is 38.1 Å². The van der Waals surface area contributed by atoms with Crippen LogP contribution in [-0.2, 0) is 5.41 Å². The van der Waals surface area contributed by atoms with E-state index in [4.69, 9.17) is 0 Å². The molecular formula is C16H26N2O2. The Labute approximate surface area is 121 Å². The first-order valence-electron chi connectivity index (χ1n) is 7.01. The van der Waals surface area contributed by atoms with E-state index in [9.17, 15) is 9.90 Å². The van der Waals surface area contributed by atoms with E-state index in [2.05, 4.69) is 31.4 Å². The molecule has 0 spiro atoms. The Kier molecular flexibility index (Phi) is 5.17. The lowest BCUT2D eigenvalue weighted by Gasteiger charge is -2.27. The molecule has 0 radical (unpaired) electrons. The van der Waals surface area contributed by atoms with Gasteiger partial charge in [0.25, 0.3) is 0 Å². The van der Waals surface area contributed by atoms with Crippen molar-refractivity contribution in [1.82, 2.24) is 5.32 Å². The van der Waals surface area contributed by atoms with Crippen molar-refractivity contribution in [3.05, 3.63) is 29.8 Å². The van der Waals surface area contributed by atoms with Gasteiger partial charge in [0.15, 0.2) is 0 Å². The van der Waals surface area contributed by atoms with Crippen LogP contribution in [-0.4, -0.2) is 23.3 Å². The molecule has 0 heterocycles. The zero-order valence-electron chi connectivity index (χ0n) is 13.1. The summed E-state index contributed by atoms with van der Waals surface area (Å²) in [5.41, 5.74) is 1.47. The second-order valence-corrected chi connectivity index (χ2v) is 6.48. The number of carbonyl (C=O) groups is 1. The third-order valence-corrected chi connectivity index (χ3v) is 3.55. The lowest BCUT2D eigenvalue weighted by molar-refractivity contribution is 0.172. The molecule has 1 rings (SSSR count). The number of rotatable bonds is 4. The minimum Gasteiger partial charge on any atom is -0.394 e. The Morgan fingerprint density at radius 1 is 1.15 bits per heavy atom. The maximum absolute atomic E-state index is 11.9. The van der Waals surface area contributed by atoms with Crippen molar-refractivity contribution in [2.75, 3.05) is 11.9 Å². The molecule has 0 bridgehead atoms. The van der Waals surface area contributed by atoms with E-state index in [0.717, 1.165) is 5.69 Å². The number of hydrogen-bond donors (Lipinski definition) is 3. The lowest BCUT2D eigenvalue weighted by atomic mass is 9.87. The largest absolute Gasteiger partial charge is 0.394 e. The minimum atomic E-state index is -0.588. The van der Waals surface area contributed by atoms with Crippen LogP contribution >= 0.6 is 0 Å². The summed E-state index contributed by atoms with van der Waals surface area (Å²) in [6.45, 7) is 10.1.